The highest BCUT2D eigenvalue weighted by Crippen LogP contribution is 2.24. The van der Waals surface area contributed by atoms with E-state index in [2.05, 4.69) is 23.8 Å². The maximum Gasteiger partial charge on any atom is 0.256 e. The summed E-state index contributed by atoms with van der Waals surface area (Å²) in [7, 11) is 5.73. The molecule has 0 saturated carbocycles. The van der Waals surface area contributed by atoms with E-state index in [0.29, 0.717) is 12.6 Å². The Balaban J connectivity index is 2.28. The van der Waals surface area contributed by atoms with Gasteiger partial charge in [0.05, 0.1) is 11.8 Å². The Kier molecular flexibility index (Phi) is 5.08. The molecule has 0 aliphatic heterocycles. The average Bonchev–Trinajstić information content (AvgIpc) is 2.90. The van der Waals surface area contributed by atoms with Crippen LogP contribution in [0.3, 0.4) is 0 Å². The number of aromatic nitrogens is 2. The zero-order chi connectivity index (χ0) is 17.1. The molecule has 0 aliphatic rings. The third-order valence-electron chi connectivity index (χ3n) is 4.06. The number of carbonyl (C=O) groups is 1. The van der Waals surface area contributed by atoms with E-state index in [1.807, 2.05) is 52.5 Å². The molecular weight excluding hydrogens is 288 g/mol. The molecule has 1 amide bonds. The van der Waals surface area contributed by atoms with Crippen molar-refractivity contribution < 1.29 is 4.79 Å². The molecule has 0 atom stereocenters. The van der Waals surface area contributed by atoms with Crippen LogP contribution in [0, 0.1) is 6.92 Å². The summed E-state index contributed by atoms with van der Waals surface area (Å²) in [6, 6.07) is 6.37. The van der Waals surface area contributed by atoms with Gasteiger partial charge in [-0.15, -0.1) is 0 Å². The molecular formula is C18H26N4O. The highest BCUT2D eigenvalue weighted by atomic mass is 16.2. The van der Waals surface area contributed by atoms with E-state index in [9.17, 15) is 4.79 Å². The highest BCUT2D eigenvalue weighted by molar-refractivity contribution is 6.00. The standard InChI is InChI=1S/C18H26N4O/c1-13(2)22(6)17-8-7-14(3)9-16(17)18(23)20(4)11-15-10-19-21(5)12-15/h7-10,12-13H,11H2,1-6H3. The van der Waals surface area contributed by atoms with Gasteiger partial charge in [0.15, 0.2) is 0 Å². The van der Waals surface area contributed by atoms with E-state index in [1.54, 1.807) is 15.8 Å². The Bertz CT molecular complexity index is 690. The second-order valence-corrected chi connectivity index (χ2v) is 6.41. The van der Waals surface area contributed by atoms with Crippen LogP contribution in [0.1, 0.15) is 35.3 Å². The molecule has 23 heavy (non-hydrogen) atoms. The molecule has 0 unspecified atom stereocenters. The lowest BCUT2D eigenvalue weighted by Crippen LogP contribution is -2.31. The third kappa shape index (κ3) is 3.92. The van der Waals surface area contributed by atoms with Gasteiger partial charge in [-0.2, -0.15) is 5.10 Å². The fourth-order valence-electron chi connectivity index (χ4n) is 2.51. The van der Waals surface area contributed by atoms with Gasteiger partial charge in [0.2, 0.25) is 0 Å². The lowest BCUT2D eigenvalue weighted by atomic mass is 10.1. The van der Waals surface area contributed by atoms with Crippen LogP contribution in [0.15, 0.2) is 30.6 Å². The first-order valence-corrected chi connectivity index (χ1v) is 7.86. The van der Waals surface area contributed by atoms with Crippen molar-refractivity contribution in [3.05, 3.63) is 47.3 Å². The molecule has 0 radical (unpaired) electrons. The number of rotatable bonds is 5. The van der Waals surface area contributed by atoms with Gasteiger partial charge in [-0.25, -0.2) is 0 Å². The average molecular weight is 314 g/mol. The Hall–Kier alpha value is -2.30. The molecule has 5 nitrogen and oxygen atoms in total. The summed E-state index contributed by atoms with van der Waals surface area (Å²) < 4.78 is 1.75. The molecule has 2 rings (SSSR count). The number of nitrogens with zero attached hydrogens (tertiary/aromatic N) is 4. The van der Waals surface area contributed by atoms with Gasteiger partial charge >= 0.3 is 0 Å². The van der Waals surface area contributed by atoms with Gasteiger partial charge in [-0.3, -0.25) is 9.48 Å². The molecule has 5 heteroatoms. The van der Waals surface area contributed by atoms with E-state index in [1.165, 1.54) is 0 Å². The monoisotopic (exact) mass is 314 g/mol. The van der Waals surface area contributed by atoms with Gasteiger partial charge in [0.25, 0.3) is 5.91 Å². The summed E-state index contributed by atoms with van der Waals surface area (Å²) in [5.41, 5.74) is 3.82. The van der Waals surface area contributed by atoms with Crippen molar-refractivity contribution in [1.82, 2.24) is 14.7 Å². The minimum Gasteiger partial charge on any atom is -0.372 e. The summed E-state index contributed by atoms with van der Waals surface area (Å²) in [6.07, 6.45) is 3.72. The van der Waals surface area contributed by atoms with E-state index in [-0.39, 0.29) is 5.91 Å². The van der Waals surface area contributed by atoms with Crippen LogP contribution in [0.2, 0.25) is 0 Å². The number of amides is 1. The number of benzene rings is 1. The first-order chi connectivity index (χ1) is 10.8. The first-order valence-electron chi connectivity index (χ1n) is 7.86. The number of carbonyl (C=O) groups excluding carboxylic acids is 1. The maximum atomic E-state index is 12.9. The van der Waals surface area contributed by atoms with Crippen molar-refractivity contribution in [1.29, 1.82) is 0 Å². The largest absolute Gasteiger partial charge is 0.372 e. The highest BCUT2D eigenvalue weighted by Gasteiger charge is 2.20. The summed E-state index contributed by atoms with van der Waals surface area (Å²) in [4.78, 5) is 16.8. The Morgan fingerprint density at radius 1 is 1.30 bits per heavy atom. The normalized spacial score (nSPS) is 10.9. The van der Waals surface area contributed by atoms with Crippen LogP contribution in [-0.2, 0) is 13.6 Å². The van der Waals surface area contributed by atoms with Crippen molar-refractivity contribution in [3.63, 3.8) is 0 Å². The molecule has 124 valence electrons. The fourth-order valence-corrected chi connectivity index (χ4v) is 2.51. The fraction of sp³-hybridized carbons (Fsp3) is 0.444. The van der Waals surface area contributed by atoms with Crippen LogP contribution in [0.5, 0.6) is 0 Å². The zero-order valence-electron chi connectivity index (χ0n) is 14.9. The second-order valence-electron chi connectivity index (χ2n) is 6.41. The summed E-state index contributed by atoms with van der Waals surface area (Å²) in [5.74, 6) is 0.0278. The lowest BCUT2D eigenvalue weighted by molar-refractivity contribution is 0.0785. The van der Waals surface area contributed by atoms with Gasteiger partial charge in [0.1, 0.15) is 0 Å². The topological polar surface area (TPSA) is 41.4 Å². The van der Waals surface area contributed by atoms with Crippen molar-refractivity contribution in [2.24, 2.45) is 7.05 Å². The number of hydrogen-bond donors (Lipinski definition) is 0. The minimum absolute atomic E-state index is 0.0278. The van der Waals surface area contributed by atoms with Crippen molar-refractivity contribution >= 4 is 11.6 Å². The number of aryl methyl sites for hydroxylation is 2. The van der Waals surface area contributed by atoms with Gasteiger partial charge in [-0.1, -0.05) is 11.6 Å². The summed E-state index contributed by atoms with van der Waals surface area (Å²) >= 11 is 0. The molecule has 1 aromatic heterocycles. The minimum atomic E-state index is 0.0278. The molecule has 1 aromatic carbocycles. The molecule has 1 heterocycles. The molecule has 2 aromatic rings. The Morgan fingerprint density at radius 2 is 2.00 bits per heavy atom. The van der Waals surface area contributed by atoms with Crippen LogP contribution < -0.4 is 4.90 Å². The van der Waals surface area contributed by atoms with Crippen molar-refractivity contribution in [2.45, 2.75) is 33.4 Å². The van der Waals surface area contributed by atoms with Crippen LogP contribution in [0.4, 0.5) is 5.69 Å². The van der Waals surface area contributed by atoms with Crippen LogP contribution >= 0.6 is 0 Å². The second kappa shape index (κ2) is 6.86. The molecule has 0 fully saturated rings. The van der Waals surface area contributed by atoms with Crippen molar-refractivity contribution in [3.8, 4) is 0 Å². The molecule has 0 aliphatic carbocycles. The van der Waals surface area contributed by atoms with E-state index >= 15 is 0 Å². The SMILES string of the molecule is Cc1ccc(N(C)C(C)C)c(C(=O)N(C)Cc2cnn(C)c2)c1. The van der Waals surface area contributed by atoms with Crippen molar-refractivity contribution in [2.75, 3.05) is 19.0 Å². The molecule has 0 N–H and O–H groups in total. The molecule has 0 saturated heterocycles. The van der Waals surface area contributed by atoms with E-state index in [0.717, 1.165) is 22.4 Å². The van der Waals surface area contributed by atoms with E-state index in [4.69, 9.17) is 0 Å². The summed E-state index contributed by atoms with van der Waals surface area (Å²) in [5, 5.41) is 4.16. The predicted molar refractivity (Wildman–Crippen MR) is 93.7 cm³/mol. The quantitative estimate of drug-likeness (QED) is 0.852. The first kappa shape index (κ1) is 17.1. The zero-order valence-corrected chi connectivity index (χ0v) is 14.9. The number of anilines is 1. The van der Waals surface area contributed by atoms with E-state index < -0.39 is 0 Å². The van der Waals surface area contributed by atoms with Gasteiger partial charge < -0.3 is 9.80 Å². The predicted octanol–water partition coefficient (Wildman–Crippen LogP) is 2.85. The Labute approximate surface area is 138 Å². The number of hydrogen-bond acceptors (Lipinski definition) is 3. The summed E-state index contributed by atoms with van der Waals surface area (Å²) in [6.45, 7) is 6.80. The molecule has 0 spiro atoms. The third-order valence-corrected chi connectivity index (χ3v) is 4.06. The lowest BCUT2D eigenvalue weighted by Gasteiger charge is -2.28. The van der Waals surface area contributed by atoms with Gasteiger partial charge in [0, 0.05) is 51.2 Å². The van der Waals surface area contributed by atoms with Crippen LogP contribution in [-0.4, -0.2) is 40.7 Å². The maximum absolute atomic E-state index is 12.9. The van der Waals surface area contributed by atoms with Crippen LogP contribution in [0.25, 0.3) is 0 Å². The molecule has 0 bridgehead atoms. The van der Waals surface area contributed by atoms with Gasteiger partial charge in [-0.05, 0) is 32.9 Å². The smallest absolute Gasteiger partial charge is 0.256 e. The Morgan fingerprint density at radius 3 is 2.57 bits per heavy atom.